The molecule has 2 aliphatic heterocycles. The zero-order chi connectivity index (χ0) is 22.7. The van der Waals surface area contributed by atoms with Crippen molar-refractivity contribution in [3.8, 4) is 0 Å². The molecule has 0 bridgehead atoms. The van der Waals surface area contributed by atoms with Gasteiger partial charge in [-0.25, -0.2) is 9.78 Å². The summed E-state index contributed by atoms with van der Waals surface area (Å²) in [5.74, 6) is 0.385. The van der Waals surface area contributed by atoms with Gasteiger partial charge in [0.2, 0.25) is 0 Å². The van der Waals surface area contributed by atoms with Gasteiger partial charge in [0, 0.05) is 48.7 Å². The Kier molecular flexibility index (Phi) is 4.58. The molecule has 168 valence electrons. The van der Waals surface area contributed by atoms with E-state index in [4.69, 9.17) is 10.5 Å². The quantitative estimate of drug-likeness (QED) is 0.639. The summed E-state index contributed by atoms with van der Waals surface area (Å²) in [5, 5.41) is 1.98. The first kappa shape index (κ1) is 20.6. The summed E-state index contributed by atoms with van der Waals surface area (Å²) >= 11 is 0. The molecule has 1 aromatic carbocycles. The molecule has 8 heteroatoms. The topological polar surface area (TPSA) is 105 Å². The fraction of sp³-hybridized carbons (Fsp3) is 0.458. The molecule has 2 aromatic heterocycles. The highest BCUT2D eigenvalue weighted by atomic mass is 16.6. The molecule has 0 saturated carbocycles. The molecule has 0 atom stereocenters. The minimum Gasteiger partial charge on any atom is -0.444 e. The van der Waals surface area contributed by atoms with E-state index in [1.807, 2.05) is 45.0 Å². The second-order valence-electron chi connectivity index (χ2n) is 10.1. The van der Waals surface area contributed by atoms with Gasteiger partial charge in [-0.15, -0.1) is 0 Å². The summed E-state index contributed by atoms with van der Waals surface area (Å²) < 4.78 is 5.50. The Morgan fingerprint density at radius 1 is 1.16 bits per heavy atom. The second kappa shape index (κ2) is 7.12. The molecule has 2 amide bonds. The van der Waals surface area contributed by atoms with Crippen LogP contribution in [-0.4, -0.2) is 58.6 Å². The van der Waals surface area contributed by atoms with E-state index in [1.165, 1.54) is 0 Å². The van der Waals surface area contributed by atoms with Crippen molar-refractivity contribution in [1.82, 2.24) is 14.9 Å². The number of pyridine rings is 1. The van der Waals surface area contributed by atoms with Crippen LogP contribution in [0.5, 0.6) is 0 Å². The first-order valence-electron chi connectivity index (χ1n) is 11.1. The third-order valence-electron chi connectivity index (χ3n) is 6.61. The Bertz CT molecular complexity index is 1210. The number of piperidine rings is 1. The highest BCUT2D eigenvalue weighted by Gasteiger charge is 2.48. The van der Waals surface area contributed by atoms with Crippen LogP contribution in [0.2, 0.25) is 0 Å². The number of nitrogens with one attached hydrogen (secondary N) is 1. The number of rotatable bonds is 2. The van der Waals surface area contributed by atoms with E-state index in [9.17, 15) is 9.59 Å². The number of aromatic nitrogens is 2. The molecule has 5 rings (SSSR count). The Morgan fingerprint density at radius 3 is 2.50 bits per heavy atom. The van der Waals surface area contributed by atoms with Gasteiger partial charge in [0.25, 0.3) is 5.91 Å². The maximum absolute atomic E-state index is 12.3. The van der Waals surface area contributed by atoms with Crippen LogP contribution in [0, 0.1) is 5.41 Å². The fourth-order valence-corrected chi connectivity index (χ4v) is 4.99. The van der Waals surface area contributed by atoms with E-state index in [0.29, 0.717) is 5.56 Å². The van der Waals surface area contributed by atoms with E-state index in [1.54, 1.807) is 11.1 Å². The van der Waals surface area contributed by atoms with Gasteiger partial charge in [0.15, 0.2) is 0 Å². The normalized spacial score (nSPS) is 18.2. The lowest BCUT2D eigenvalue weighted by Crippen LogP contribution is -2.62. The van der Waals surface area contributed by atoms with Crippen molar-refractivity contribution in [2.45, 2.75) is 39.2 Å². The van der Waals surface area contributed by atoms with Crippen molar-refractivity contribution < 1.29 is 14.3 Å². The van der Waals surface area contributed by atoms with Crippen LogP contribution in [0.25, 0.3) is 21.8 Å². The van der Waals surface area contributed by atoms with Crippen LogP contribution in [0.3, 0.4) is 0 Å². The molecular formula is C24H29N5O3. The Hall–Kier alpha value is -3.29. The van der Waals surface area contributed by atoms with Crippen LogP contribution >= 0.6 is 0 Å². The lowest BCUT2D eigenvalue weighted by molar-refractivity contribution is -0.0434. The van der Waals surface area contributed by atoms with E-state index < -0.39 is 11.5 Å². The molecule has 2 saturated heterocycles. The molecule has 0 aliphatic carbocycles. The number of hydrogen-bond donors (Lipinski definition) is 2. The van der Waals surface area contributed by atoms with Crippen LogP contribution in [0.1, 0.15) is 44.0 Å². The number of aromatic amines is 1. The van der Waals surface area contributed by atoms with Crippen LogP contribution in [0.15, 0.2) is 30.5 Å². The number of H-pyrrole nitrogens is 1. The zero-order valence-corrected chi connectivity index (χ0v) is 18.8. The fourth-order valence-electron chi connectivity index (χ4n) is 4.99. The number of nitrogens with two attached hydrogens (primary N) is 1. The summed E-state index contributed by atoms with van der Waals surface area (Å²) in [5.41, 5.74) is 7.39. The number of primary amides is 1. The summed E-state index contributed by atoms with van der Waals surface area (Å²) in [6.07, 6.45) is 3.31. The molecule has 3 N–H and O–H groups in total. The first-order chi connectivity index (χ1) is 15.2. The number of carbonyl (C=O) groups is 2. The number of likely N-dealkylation sites (tertiary alicyclic amines) is 1. The zero-order valence-electron chi connectivity index (χ0n) is 18.8. The van der Waals surface area contributed by atoms with E-state index in [2.05, 4.69) is 14.9 Å². The van der Waals surface area contributed by atoms with Gasteiger partial charge in [-0.05, 0) is 39.7 Å². The second-order valence-corrected chi connectivity index (χ2v) is 10.1. The summed E-state index contributed by atoms with van der Waals surface area (Å²) in [7, 11) is 0. The van der Waals surface area contributed by atoms with Gasteiger partial charge in [0.05, 0.1) is 16.5 Å². The predicted octanol–water partition coefficient (Wildman–Crippen LogP) is 3.65. The molecule has 8 nitrogen and oxygen atoms in total. The number of para-hydroxylation sites is 1. The monoisotopic (exact) mass is 435 g/mol. The maximum atomic E-state index is 12.3. The van der Waals surface area contributed by atoms with Gasteiger partial charge < -0.3 is 25.3 Å². The van der Waals surface area contributed by atoms with Crippen molar-refractivity contribution >= 4 is 39.6 Å². The van der Waals surface area contributed by atoms with Gasteiger partial charge in [-0.2, -0.15) is 0 Å². The standard InChI is InChI=1S/C24H29N5O3/c1-23(2,3)32-22(31)29-13-24(14-29)8-10-28(11-9-24)21-18-15-6-4-5-7-17(15)27-19(18)16(12-26-21)20(25)30/h4-7,12,27H,8-11,13-14H2,1-3H3,(H2,25,30). The number of hydrogen-bond acceptors (Lipinski definition) is 5. The molecule has 32 heavy (non-hydrogen) atoms. The molecule has 4 heterocycles. The van der Waals surface area contributed by atoms with E-state index in [-0.39, 0.29) is 11.5 Å². The molecule has 0 radical (unpaired) electrons. The summed E-state index contributed by atoms with van der Waals surface area (Å²) in [6, 6.07) is 7.99. The van der Waals surface area contributed by atoms with Crippen molar-refractivity contribution in [2.75, 3.05) is 31.1 Å². The maximum Gasteiger partial charge on any atom is 0.410 e. The summed E-state index contributed by atoms with van der Waals surface area (Å²) in [4.78, 5) is 36.4. The van der Waals surface area contributed by atoms with Gasteiger partial charge in [0.1, 0.15) is 11.4 Å². The van der Waals surface area contributed by atoms with E-state index >= 15 is 0 Å². The van der Waals surface area contributed by atoms with Crippen molar-refractivity contribution in [3.05, 3.63) is 36.0 Å². The molecule has 3 aromatic rings. The Balaban J connectivity index is 1.37. The molecular weight excluding hydrogens is 406 g/mol. The van der Waals surface area contributed by atoms with Crippen molar-refractivity contribution in [2.24, 2.45) is 11.1 Å². The number of amides is 2. The third kappa shape index (κ3) is 3.43. The lowest BCUT2D eigenvalue weighted by atomic mass is 9.72. The highest BCUT2D eigenvalue weighted by molar-refractivity contribution is 6.18. The van der Waals surface area contributed by atoms with Gasteiger partial charge in [-0.3, -0.25) is 4.79 Å². The number of fused-ring (bicyclic) bond motifs is 3. The number of benzene rings is 1. The van der Waals surface area contributed by atoms with Crippen LogP contribution in [0.4, 0.5) is 10.6 Å². The van der Waals surface area contributed by atoms with Gasteiger partial charge in [-0.1, -0.05) is 18.2 Å². The van der Waals surface area contributed by atoms with Crippen LogP contribution in [-0.2, 0) is 4.74 Å². The Morgan fingerprint density at radius 2 is 1.84 bits per heavy atom. The smallest absolute Gasteiger partial charge is 0.410 e. The average Bonchev–Trinajstić information content (AvgIpc) is 3.09. The number of ether oxygens (including phenoxy) is 1. The SMILES string of the molecule is CC(C)(C)OC(=O)N1CC2(CCN(c3ncc(C(N)=O)c4[nH]c5ccccc5c34)CC2)C1. The minimum absolute atomic E-state index is 0.153. The molecule has 0 unspecified atom stereocenters. The van der Waals surface area contributed by atoms with Crippen molar-refractivity contribution in [3.63, 3.8) is 0 Å². The average molecular weight is 436 g/mol. The predicted molar refractivity (Wildman–Crippen MR) is 124 cm³/mol. The number of carbonyl (C=O) groups excluding carboxylic acids is 2. The first-order valence-corrected chi connectivity index (χ1v) is 11.1. The minimum atomic E-state index is -0.491. The third-order valence-corrected chi connectivity index (χ3v) is 6.61. The Labute approximate surface area is 186 Å². The van der Waals surface area contributed by atoms with E-state index in [0.717, 1.165) is 66.6 Å². The lowest BCUT2D eigenvalue weighted by Gasteiger charge is -2.53. The molecule has 1 spiro atoms. The number of anilines is 1. The summed E-state index contributed by atoms with van der Waals surface area (Å²) in [6.45, 7) is 8.85. The number of nitrogens with zero attached hydrogens (tertiary/aromatic N) is 3. The van der Waals surface area contributed by atoms with Gasteiger partial charge >= 0.3 is 6.09 Å². The van der Waals surface area contributed by atoms with Crippen molar-refractivity contribution in [1.29, 1.82) is 0 Å². The largest absolute Gasteiger partial charge is 0.444 e. The van der Waals surface area contributed by atoms with Crippen LogP contribution < -0.4 is 10.6 Å². The highest BCUT2D eigenvalue weighted by Crippen LogP contribution is 2.43. The molecule has 2 fully saturated rings. The molecule has 2 aliphatic rings.